The van der Waals surface area contributed by atoms with Gasteiger partial charge >= 0.3 is 0 Å². The highest BCUT2D eigenvalue weighted by Gasteiger charge is 2.14. The third kappa shape index (κ3) is 4.20. The minimum atomic E-state index is -0.203. The second-order valence-corrected chi connectivity index (χ2v) is 6.81. The molecule has 0 bridgehead atoms. The summed E-state index contributed by atoms with van der Waals surface area (Å²) in [5.74, 6) is -0.203. The maximum absolute atomic E-state index is 12.5. The third-order valence-electron chi connectivity index (χ3n) is 4.75. The van der Waals surface area contributed by atoms with Gasteiger partial charge in [-0.25, -0.2) is 0 Å². The zero-order valence-corrected chi connectivity index (χ0v) is 16.5. The second kappa shape index (κ2) is 8.28. The van der Waals surface area contributed by atoms with Gasteiger partial charge < -0.3 is 15.0 Å². The molecule has 0 atom stereocenters. The molecule has 0 saturated carbocycles. The number of carbonyl (C=O) groups excluding carboxylic acids is 1. The van der Waals surface area contributed by atoms with Crippen LogP contribution in [0.4, 0.5) is 0 Å². The van der Waals surface area contributed by atoms with E-state index in [1.54, 1.807) is 17.1 Å². The largest absolute Gasteiger partial charge is 0.376 e. The molecular weight excluding hydrogens is 366 g/mol. The quantitative estimate of drug-likeness (QED) is 0.507. The molecule has 4 aromatic rings. The summed E-state index contributed by atoms with van der Waals surface area (Å²) in [5, 5.41) is 8.39. The number of aryl methyl sites for hydroxylation is 1. The number of hydrogen-bond donors (Lipinski definition) is 2. The number of aromatic amines is 1. The van der Waals surface area contributed by atoms with Crippen molar-refractivity contribution in [3.63, 3.8) is 0 Å². The molecule has 2 N–H and O–H groups in total. The van der Waals surface area contributed by atoms with Gasteiger partial charge in [0.1, 0.15) is 0 Å². The first kappa shape index (κ1) is 18.9. The molecule has 0 saturated heterocycles. The number of amides is 1. The topological polar surface area (TPSA) is 84.8 Å². The molecule has 0 spiro atoms. The van der Waals surface area contributed by atoms with Crippen LogP contribution in [0.15, 0.2) is 54.9 Å². The number of rotatable bonds is 7. The van der Waals surface area contributed by atoms with Gasteiger partial charge in [0.05, 0.1) is 12.3 Å². The molecule has 7 nitrogen and oxygen atoms in total. The van der Waals surface area contributed by atoms with E-state index in [4.69, 9.17) is 4.74 Å². The van der Waals surface area contributed by atoms with E-state index in [1.165, 1.54) is 0 Å². The highest BCUT2D eigenvalue weighted by Crippen LogP contribution is 2.25. The molecule has 3 aromatic heterocycles. The summed E-state index contributed by atoms with van der Waals surface area (Å²) in [6.45, 7) is 3.66. The lowest BCUT2D eigenvalue weighted by molar-refractivity contribution is 0.0945. The van der Waals surface area contributed by atoms with Crippen LogP contribution in [0.1, 0.15) is 28.7 Å². The van der Waals surface area contributed by atoms with Gasteiger partial charge in [0.2, 0.25) is 0 Å². The Kier molecular flexibility index (Phi) is 5.39. The van der Waals surface area contributed by atoms with Gasteiger partial charge in [-0.3, -0.25) is 14.5 Å². The Hall–Kier alpha value is -3.45. The van der Waals surface area contributed by atoms with Crippen molar-refractivity contribution in [2.75, 3.05) is 6.61 Å². The molecule has 29 heavy (non-hydrogen) atoms. The van der Waals surface area contributed by atoms with Crippen LogP contribution in [0.5, 0.6) is 0 Å². The van der Waals surface area contributed by atoms with Crippen LogP contribution in [-0.4, -0.2) is 32.3 Å². The van der Waals surface area contributed by atoms with Gasteiger partial charge in [-0.1, -0.05) is 6.07 Å². The van der Waals surface area contributed by atoms with Gasteiger partial charge in [0, 0.05) is 54.8 Å². The third-order valence-corrected chi connectivity index (χ3v) is 4.75. The van der Waals surface area contributed by atoms with Crippen molar-refractivity contribution in [1.82, 2.24) is 25.1 Å². The highest BCUT2D eigenvalue weighted by molar-refractivity contribution is 5.94. The highest BCUT2D eigenvalue weighted by atomic mass is 16.5. The average Bonchev–Trinajstić information content (AvgIpc) is 3.33. The molecular formula is C22H23N5O2. The Morgan fingerprint density at radius 2 is 2.00 bits per heavy atom. The predicted octanol–water partition coefficient (Wildman–Crippen LogP) is 3.43. The van der Waals surface area contributed by atoms with E-state index in [0.29, 0.717) is 25.5 Å². The number of nitrogens with one attached hydrogen (secondary N) is 2. The summed E-state index contributed by atoms with van der Waals surface area (Å²) >= 11 is 0. The number of hydrogen-bond acceptors (Lipinski definition) is 4. The first-order valence-corrected chi connectivity index (χ1v) is 9.55. The van der Waals surface area contributed by atoms with Gasteiger partial charge in [-0.2, -0.15) is 5.10 Å². The number of H-pyrrole nitrogens is 1. The average molecular weight is 389 g/mol. The maximum atomic E-state index is 12.5. The summed E-state index contributed by atoms with van der Waals surface area (Å²) in [4.78, 5) is 19.9. The molecule has 0 radical (unpaired) electrons. The Morgan fingerprint density at radius 3 is 2.79 bits per heavy atom. The number of carbonyl (C=O) groups is 1. The number of aromatic nitrogens is 4. The van der Waals surface area contributed by atoms with Gasteiger partial charge in [-0.15, -0.1) is 0 Å². The van der Waals surface area contributed by atoms with Crippen molar-refractivity contribution >= 4 is 16.8 Å². The van der Waals surface area contributed by atoms with Crippen molar-refractivity contribution in [3.05, 3.63) is 71.8 Å². The predicted molar refractivity (Wildman–Crippen MR) is 111 cm³/mol. The molecule has 3 heterocycles. The van der Waals surface area contributed by atoms with Gasteiger partial charge in [-0.05, 0) is 48.9 Å². The van der Waals surface area contributed by atoms with Crippen LogP contribution >= 0.6 is 0 Å². The SMILES string of the molecule is CCOCc1cc2cc(-c3cc(C(=O)NCc4ccncc4)nn3C)ccc2[nH]1. The molecule has 148 valence electrons. The fraction of sp³-hybridized carbons (Fsp3) is 0.227. The van der Waals surface area contributed by atoms with E-state index >= 15 is 0 Å². The summed E-state index contributed by atoms with van der Waals surface area (Å²) in [6, 6.07) is 13.8. The first-order valence-electron chi connectivity index (χ1n) is 9.55. The van der Waals surface area contributed by atoms with Crippen molar-refractivity contribution in [3.8, 4) is 11.3 Å². The molecule has 4 rings (SSSR count). The monoisotopic (exact) mass is 389 g/mol. The van der Waals surface area contributed by atoms with Crippen molar-refractivity contribution in [1.29, 1.82) is 0 Å². The van der Waals surface area contributed by atoms with Gasteiger partial charge in [0.15, 0.2) is 5.69 Å². The van der Waals surface area contributed by atoms with E-state index in [9.17, 15) is 4.79 Å². The number of fused-ring (bicyclic) bond motifs is 1. The molecule has 0 aliphatic rings. The lowest BCUT2D eigenvalue weighted by atomic mass is 10.1. The summed E-state index contributed by atoms with van der Waals surface area (Å²) in [6.07, 6.45) is 3.41. The minimum absolute atomic E-state index is 0.203. The number of pyridine rings is 1. The zero-order chi connectivity index (χ0) is 20.2. The normalized spacial score (nSPS) is 11.1. The molecule has 7 heteroatoms. The van der Waals surface area contributed by atoms with E-state index in [1.807, 2.05) is 44.3 Å². The van der Waals surface area contributed by atoms with E-state index < -0.39 is 0 Å². The summed E-state index contributed by atoms with van der Waals surface area (Å²) in [7, 11) is 1.84. The standard InChI is InChI=1S/C22H23N5O2/c1-3-29-14-18-11-17-10-16(4-5-19(17)25-18)21-12-20(26-27(21)2)22(28)24-13-15-6-8-23-9-7-15/h4-12,25H,3,13-14H2,1-2H3,(H,24,28). The smallest absolute Gasteiger partial charge is 0.272 e. The maximum Gasteiger partial charge on any atom is 0.272 e. The number of nitrogens with zero attached hydrogens (tertiary/aromatic N) is 3. The Morgan fingerprint density at radius 1 is 1.17 bits per heavy atom. The van der Waals surface area contributed by atoms with E-state index in [2.05, 4.69) is 32.5 Å². The van der Waals surface area contributed by atoms with Crippen LogP contribution in [0.2, 0.25) is 0 Å². The van der Waals surface area contributed by atoms with E-state index in [0.717, 1.165) is 33.4 Å². The fourth-order valence-electron chi connectivity index (χ4n) is 3.26. The van der Waals surface area contributed by atoms with Crippen LogP contribution in [0, 0.1) is 0 Å². The van der Waals surface area contributed by atoms with Crippen LogP contribution in [-0.2, 0) is 24.9 Å². The Bertz CT molecular complexity index is 1130. The molecule has 0 aliphatic carbocycles. The Balaban J connectivity index is 1.53. The molecule has 1 amide bonds. The van der Waals surface area contributed by atoms with Gasteiger partial charge in [0.25, 0.3) is 5.91 Å². The lowest BCUT2D eigenvalue weighted by Gasteiger charge is -2.02. The minimum Gasteiger partial charge on any atom is -0.376 e. The first-order chi connectivity index (χ1) is 14.1. The number of ether oxygens (including phenoxy) is 1. The van der Waals surface area contributed by atoms with Crippen LogP contribution < -0.4 is 5.32 Å². The molecule has 1 aromatic carbocycles. The van der Waals surface area contributed by atoms with Crippen molar-refractivity contribution in [2.45, 2.75) is 20.1 Å². The Labute approximate surface area is 168 Å². The molecule has 0 fully saturated rings. The summed E-state index contributed by atoms with van der Waals surface area (Å²) < 4.78 is 7.21. The van der Waals surface area contributed by atoms with Crippen LogP contribution in [0.3, 0.4) is 0 Å². The second-order valence-electron chi connectivity index (χ2n) is 6.81. The molecule has 0 aliphatic heterocycles. The fourth-order valence-corrected chi connectivity index (χ4v) is 3.26. The zero-order valence-electron chi connectivity index (χ0n) is 16.5. The van der Waals surface area contributed by atoms with Crippen LogP contribution in [0.25, 0.3) is 22.2 Å². The lowest BCUT2D eigenvalue weighted by Crippen LogP contribution is -2.23. The number of benzene rings is 1. The van der Waals surface area contributed by atoms with Crippen molar-refractivity contribution < 1.29 is 9.53 Å². The van der Waals surface area contributed by atoms with E-state index in [-0.39, 0.29) is 5.91 Å². The van der Waals surface area contributed by atoms with Crippen molar-refractivity contribution in [2.24, 2.45) is 7.05 Å². The molecule has 0 unspecified atom stereocenters. The summed E-state index contributed by atoms with van der Waals surface area (Å²) in [5.41, 5.74) is 5.37.